The van der Waals surface area contributed by atoms with Crippen LogP contribution in [0.3, 0.4) is 0 Å². The molecule has 142 valence electrons. The summed E-state index contributed by atoms with van der Waals surface area (Å²) in [6.07, 6.45) is 10.0. The van der Waals surface area contributed by atoms with Crippen molar-refractivity contribution in [2.24, 2.45) is 0 Å². The first-order chi connectivity index (χ1) is 12.9. The molecule has 1 fully saturated rings. The molecule has 2 heterocycles. The third-order valence-corrected chi connectivity index (χ3v) is 7.59. The first-order valence-electron chi connectivity index (χ1n) is 9.02. The molecule has 1 saturated heterocycles. The predicted molar refractivity (Wildman–Crippen MR) is 103 cm³/mol. The van der Waals surface area contributed by atoms with Crippen molar-refractivity contribution in [1.82, 2.24) is 8.87 Å². The third kappa shape index (κ3) is 3.42. The molecule has 1 aliphatic carbocycles. The molecule has 1 unspecified atom stereocenters. The van der Waals surface area contributed by atoms with Crippen LogP contribution in [-0.4, -0.2) is 40.6 Å². The normalized spacial score (nSPS) is 22.1. The molecule has 2 aromatic rings. The number of allylic oxidation sites excluding steroid dienone is 3. The Balaban J connectivity index is 1.44. The van der Waals surface area contributed by atoms with E-state index >= 15 is 0 Å². The molecule has 0 N–H and O–H groups in total. The van der Waals surface area contributed by atoms with Crippen molar-refractivity contribution in [3.8, 4) is 0 Å². The third-order valence-electron chi connectivity index (χ3n) is 5.42. The molecule has 0 amide bonds. The summed E-state index contributed by atoms with van der Waals surface area (Å²) in [6, 6.07) is 8.42. The summed E-state index contributed by atoms with van der Waals surface area (Å²) >= 11 is 0. The average molecular weight is 387 g/mol. The molecule has 7 nitrogen and oxygen atoms in total. The van der Waals surface area contributed by atoms with E-state index in [4.69, 9.17) is 0 Å². The van der Waals surface area contributed by atoms with Gasteiger partial charge in [0.15, 0.2) is 0 Å². The summed E-state index contributed by atoms with van der Waals surface area (Å²) in [7, 11) is -3.59. The molecule has 1 aromatic heterocycles. The lowest BCUT2D eigenvalue weighted by Gasteiger charge is -2.33. The van der Waals surface area contributed by atoms with Gasteiger partial charge in [0, 0.05) is 37.6 Å². The van der Waals surface area contributed by atoms with Crippen LogP contribution in [0.25, 0.3) is 10.8 Å². The Kier molecular flexibility index (Phi) is 4.61. The van der Waals surface area contributed by atoms with Gasteiger partial charge in [-0.15, -0.1) is 0 Å². The van der Waals surface area contributed by atoms with E-state index in [2.05, 4.69) is 29.1 Å². The zero-order valence-electron chi connectivity index (χ0n) is 14.8. The maximum Gasteiger partial charge on any atom is 0.247 e. The van der Waals surface area contributed by atoms with E-state index in [1.165, 1.54) is 27.2 Å². The van der Waals surface area contributed by atoms with E-state index < -0.39 is 20.2 Å². The number of rotatable bonds is 4. The maximum absolute atomic E-state index is 12.9. The lowest BCUT2D eigenvalue weighted by atomic mass is 10.1. The number of piperidine rings is 1. The van der Waals surface area contributed by atoms with Crippen molar-refractivity contribution in [3.05, 3.63) is 70.7 Å². The molecular formula is C19H21N3O4S. The van der Waals surface area contributed by atoms with E-state index in [0.717, 1.165) is 12.8 Å². The van der Waals surface area contributed by atoms with Gasteiger partial charge in [0.1, 0.15) is 5.25 Å². The molecule has 27 heavy (non-hydrogen) atoms. The van der Waals surface area contributed by atoms with Crippen molar-refractivity contribution < 1.29 is 13.3 Å². The zero-order valence-corrected chi connectivity index (χ0v) is 15.6. The van der Waals surface area contributed by atoms with Crippen molar-refractivity contribution >= 4 is 20.8 Å². The fourth-order valence-corrected chi connectivity index (χ4v) is 5.65. The highest BCUT2D eigenvalue weighted by molar-refractivity contribution is 7.89. The van der Waals surface area contributed by atoms with Crippen LogP contribution in [0.15, 0.2) is 60.6 Å². The van der Waals surface area contributed by atoms with Crippen molar-refractivity contribution in [2.75, 3.05) is 13.1 Å². The van der Waals surface area contributed by atoms with E-state index in [-0.39, 0.29) is 18.2 Å². The minimum absolute atomic E-state index is 0.0556. The molecule has 4 rings (SSSR count). The van der Waals surface area contributed by atoms with E-state index in [1.54, 1.807) is 6.08 Å². The zero-order chi connectivity index (χ0) is 19.0. The standard InChI is InChI=1S/C19H21N3O4S/c23-22(24)18-6-3-7-19(12-18)27(25,26)21-10-8-17(9-11-21)20-13-15-4-1-2-5-16(15)14-20/h1-7,13-14,17,19H,8-12H2. The summed E-state index contributed by atoms with van der Waals surface area (Å²) in [4.78, 5) is 10.5. The van der Waals surface area contributed by atoms with Crippen LogP contribution in [0.4, 0.5) is 0 Å². The number of hydrogen-bond donors (Lipinski definition) is 0. The van der Waals surface area contributed by atoms with Crippen LogP contribution < -0.4 is 0 Å². The van der Waals surface area contributed by atoms with Gasteiger partial charge in [0.05, 0.1) is 11.3 Å². The highest BCUT2D eigenvalue weighted by atomic mass is 32.2. The molecule has 1 aliphatic heterocycles. The average Bonchev–Trinajstić information content (AvgIpc) is 3.12. The quantitative estimate of drug-likeness (QED) is 0.596. The number of sulfonamides is 1. The van der Waals surface area contributed by atoms with Gasteiger partial charge in [0.25, 0.3) is 0 Å². The van der Waals surface area contributed by atoms with E-state index in [0.29, 0.717) is 13.1 Å². The number of nitrogens with zero attached hydrogens (tertiary/aromatic N) is 3. The first kappa shape index (κ1) is 17.9. The summed E-state index contributed by atoms with van der Waals surface area (Å²) in [5.74, 6) is 0. The lowest BCUT2D eigenvalue weighted by molar-refractivity contribution is -0.427. The fourth-order valence-electron chi connectivity index (χ4n) is 3.87. The molecule has 1 aromatic carbocycles. The number of fused-ring (bicyclic) bond motifs is 1. The number of aromatic nitrogens is 1. The van der Waals surface area contributed by atoms with Gasteiger partial charge in [-0.25, -0.2) is 12.7 Å². The lowest BCUT2D eigenvalue weighted by Crippen LogP contribution is -2.43. The largest absolute Gasteiger partial charge is 0.350 e. The highest BCUT2D eigenvalue weighted by Gasteiger charge is 2.36. The number of benzene rings is 1. The Bertz CT molecular complexity index is 997. The fraction of sp³-hybridized carbons (Fsp3) is 0.368. The van der Waals surface area contributed by atoms with Crippen LogP contribution >= 0.6 is 0 Å². The number of nitro groups is 1. The molecule has 0 bridgehead atoms. The van der Waals surface area contributed by atoms with Crippen LogP contribution in [0.5, 0.6) is 0 Å². The van der Waals surface area contributed by atoms with Gasteiger partial charge in [-0.3, -0.25) is 10.1 Å². The smallest absolute Gasteiger partial charge is 0.247 e. The molecule has 0 radical (unpaired) electrons. The predicted octanol–water partition coefficient (Wildman–Crippen LogP) is 3.10. The van der Waals surface area contributed by atoms with Crippen molar-refractivity contribution in [2.45, 2.75) is 30.6 Å². The van der Waals surface area contributed by atoms with Crippen molar-refractivity contribution in [1.29, 1.82) is 0 Å². The van der Waals surface area contributed by atoms with Gasteiger partial charge >= 0.3 is 0 Å². The van der Waals surface area contributed by atoms with Crippen LogP contribution in [0.1, 0.15) is 25.3 Å². The van der Waals surface area contributed by atoms with Gasteiger partial charge < -0.3 is 4.57 Å². The Hall–Kier alpha value is -2.45. The van der Waals surface area contributed by atoms with Crippen LogP contribution in [-0.2, 0) is 10.0 Å². The summed E-state index contributed by atoms with van der Waals surface area (Å²) < 4.78 is 29.5. The van der Waals surface area contributed by atoms with Gasteiger partial charge in [-0.2, -0.15) is 0 Å². The second-order valence-corrected chi connectivity index (χ2v) is 9.20. The second-order valence-electron chi connectivity index (χ2n) is 7.05. The Morgan fingerprint density at radius 1 is 1.07 bits per heavy atom. The van der Waals surface area contributed by atoms with Crippen LogP contribution in [0, 0.1) is 10.1 Å². The SMILES string of the molecule is O=[N+]([O-])C1=CC=CC(S(=O)(=O)N2CCC(n3cc4ccccc4c3)CC2)C1. The molecule has 1 atom stereocenters. The molecular weight excluding hydrogens is 366 g/mol. The van der Waals surface area contributed by atoms with Crippen molar-refractivity contribution in [3.63, 3.8) is 0 Å². The first-order valence-corrected chi connectivity index (χ1v) is 10.5. The van der Waals surface area contributed by atoms with Crippen LogP contribution in [0.2, 0.25) is 0 Å². The molecule has 0 spiro atoms. The van der Waals surface area contributed by atoms with Gasteiger partial charge in [-0.1, -0.05) is 36.4 Å². The Morgan fingerprint density at radius 3 is 2.30 bits per heavy atom. The summed E-state index contributed by atoms with van der Waals surface area (Å²) in [5, 5.41) is 12.5. The minimum Gasteiger partial charge on any atom is -0.350 e. The molecule has 0 saturated carbocycles. The summed E-state index contributed by atoms with van der Waals surface area (Å²) in [5.41, 5.74) is -0.0556. The molecule has 2 aliphatic rings. The summed E-state index contributed by atoms with van der Waals surface area (Å²) in [6.45, 7) is 0.868. The number of hydrogen-bond acceptors (Lipinski definition) is 4. The monoisotopic (exact) mass is 387 g/mol. The highest BCUT2D eigenvalue weighted by Crippen LogP contribution is 2.30. The second kappa shape index (κ2) is 6.94. The van der Waals surface area contributed by atoms with E-state index in [1.807, 2.05) is 12.1 Å². The van der Waals surface area contributed by atoms with Gasteiger partial charge in [0.2, 0.25) is 15.7 Å². The Labute approximate surface area is 157 Å². The van der Waals surface area contributed by atoms with Gasteiger partial charge in [-0.05, 0) is 23.6 Å². The maximum atomic E-state index is 12.9. The van der Waals surface area contributed by atoms with E-state index in [9.17, 15) is 18.5 Å². The minimum atomic E-state index is -3.59. The topological polar surface area (TPSA) is 85.4 Å². The molecule has 8 heteroatoms. The Morgan fingerprint density at radius 2 is 1.70 bits per heavy atom.